The lowest BCUT2D eigenvalue weighted by Gasteiger charge is -2.11. The van der Waals surface area contributed by atoms with Gasteiger partial charge >= 0.3 is 0 Å². The number of nitrogens with zero attached hydrogens (tertiary/aromatic N) is 1. The second-order valence-electron chi connectivity index (χ2n) is 6.59. The Morgan fingerprint density at radius 3 is 1.41 bits per heavy atom. The Morgan fingerprint density at radius 1 is 0.552 bits per heavy atom. The van der Waals surface area contributed by atoms with Crippen molar-refractivity contribution in [1.82, 2.24) is 4.98 Å². The van der Waals surface area contributed by atoms with Gasteiger partial charge in [-0.3, -0.25) is 0 Å². The zero-order chi connectivity index (χ0) is 20.2. The van der Waals surface area contributed by atoms with Gasteiger partial charge in [-0.25, -0.2) is 4.98 Å². The number of hydrogen-bond acceptors (Lipinski definition) is 3. The molecule has 1 heterocycles. The third-order valence-corrected chi connectivity index (χ3v) is 5.03. The first kappa shape index (κ1) is 19.0. The van der Waals surface area contributed by atoms with Gasteiger partial charge in [-0.05, 0) is 71.8 Å². The van der Waals surface area contributed by atoms with Crippen LogP contribution in [0.3, 0.4) is 0 Å². The van der Waals surface area contributed by atoms with E-state index in [0.29, 0.717) is 5.02 Å². The maximum absolute atomic E-state index is 6.07. The van der Waals surface area contributed by atoms with Crippen molar-refractivity contribution in [2.45, 2.75) is 0 Å². The Morgan fingerprint density at radius 2 is 0.966 bits per heavy atom. The van der Waals surface area contributed by atoms with E-state index in [1.165, 1.54) is 0 Å². The van der Waals surface area contributed by atoms with E-state index in [1.54, 1.807) is 14.2 Å². The lowest BCUT2D eigenvalue weighted by Crippen LogP contribution is -1.92. The molecule has 3 aromatic carbocycles. The fraction of sp³-hybridized carbons (Fsp3) is 0.0800. The number of hydrogen-bond donors (Lipinski definition) is 0. The van der Waals surface area contributed by atoms with Crippen molar-refractivity contribution in [2.24, 2.45) is 0 Å². The topological polar surface area (TPSA) is 31.4 Å². The molecule has 144 valence electrons. The zero-order valence-electron chi connectivity index (χ0n) is 16.2. The van der Waals surface area contributed by atoms with Crippen LogP contribution in [-0.2, 0) is 0 Å². The normalized spacial score (nSPS) is 10.6. The van der Waals surface area contributed by atoms with E-state index < -0.39 is 0 Å². The highest BCUT2D eigenvalue weighted by Gasteiger charge is 2.09. The van der Waals surface area contributed by atoms with Crippen molar-refractivity contribution in [3.05, 3.63) is 90.0 Å². The monoisotopic (exact) mass is 401 g/mol. The summed E-state index contributed by atoms with van der Waals surface area (Å²) in [6, 6.07) is 27.9. The van der Waals surface area contributed by atoms with Gasteiger partial charge in [0.15, 0.2) is 0 Å². The van der Waals surface area contributed by atoms with E-state index in [1.807, 2.05) is 60.7 Å². The molecule has 0 amide bonds. The Kier molecular flexibility index (Phi) is 5.50. The zero-order valence-corrected chi connectivity index (χ0v) is 17.0. The molecule has 0 aliphatic rings. The predicted molar refractivity (Wildman–Crippen MR) is 119 cm³/mol. The number of methoxy groups -OCH3 is 2. The van der Waals surface area contributed by atoms with Crippen LogP contribution in [0.15, 0.2) is 84.9 Å². The van der Waals surface area contributed by atoms with E-state index in [4.69, 9.17) is 26.1 Å². The first-order chi connectivity index (χ1) is 14.2. The number of halogens is 1. The molecule has 0 bridgehead atoms. The summed E-state index contributed by atoms with van der Waals surface area (Å²) in [5.41, 5.74) is 6.00. The summed E-state index contributed by atoms with van der Waals surface area (Å²) >= 11 is 6.07. The van der Waals surface area contributed by atoms with Crippen molar-refractivity contribution < 1.29 is 9.47 Å². The van der Waals surface area contributed by atoms with Gasteiger partial charge in [0.25, 0.3) is 0 Å². The number of rotatable bonds is 5. The lowest BCUT2D eigenvalue weighted by molar-refractivity contribution is 0.415. The Balaban J connectivity index is 1.84. The Labute approximate surface area is 175 Å². The number of benzene rings is 3. The molecule has 0 saturated heterocycles. The second-order valence-corrected chi connectivity index (χ2v) is 7.03. The molecule has 29 heavy (non-hydrogen) atoms. The van der Waals surface area contributed by atoms with Gasteiger partial charge in [-0.15, -0.1) is 0 Å². The van der Waals surface area contributed by atoms with Crippen LogP contribution in [0.2, 0.25) is 5.02 Å². The van der Waals surface area contributed by atoms with Crippen molar-refractivity contribution in [3.63, 3.8) is 0 Å². The van der Waals surface area contributed by atoms with Crippen LogP contribution in [0.1, 0.15) is 0 Å². The minimum Gasteiger partial charge on any atom is -0.497 e. The molecule has 0 radical (unpaired) electrons. The summed E-state index contributed by atoms with van der Waals surface area (Å²) in [4.78, 5) is 4.91. The van der Waals surface area contributed by atoms with Crippen LogP contribution in [-0.4, -0.2) is 19.2 Å². The molecule has 4 heteroatoms. The standard InChI is InChI=1S/C25H20ClNO2/c1-28-22-11-5-17(6-12-22)20-15-24(18-3-9-21(26)10-4-18)27-25(16-20)19-7-13-23(29-2)14-8-19/h3-16H,1-2H3. The van der Waals surface area contributed by atoms with E-state index in [-0.39, 0.29) is 0 Å². The highest BCUT2D eigenvalue weighted by atomic mass is 35.5. The molecule has 0 aliphatic heterocycles. The van der Waals surface area contributed by atoms with E-state index in [2.05, 4.69) is 24.3 Å². The SMILES string of the molecule is COc1ccc(-c2cc(-c3ccc(Cl)cc3)nc(-c3ccc(OC)cc3)c2)cc1. The maximum atomic E-state index is 6.07. The average Bonchev–Trinajstić information content (AvgIpc) is 2.79. The molecule has 3 nitrogen and oxygen atoms in total. The van der Waals surface area contributed by atoms with Crippen LogP contribution in [0, 0.1) is 0 Å². The summed E-state index contributed by atoms with van der Waals surface area (Å²) in [6.45, 7) is 0. The van der Waals surface area contributed by atoms with Crippen LogP contribution < -0.4 is 9.47 Å². The van der Waals surface area contributed by atoms with Gasteiger partial charge in [0.05, 0.1) is 25.6 Å². The number of aromatic nitrogens is 1. The molecule has 0 unspecified atom stereocenters. The predicted octanol–water partition coefficient (Wildman–Crippen LogP) is 6.75. The molecule has 0 fully saturated rings. The van der Waals surface area contributed by atoms with Gasteiger partial charge < -0.3 is 9.47 Å². The molecule has 0 aliphatic carbocycles. The molecular formula is C25H20ClNO2. The smallest absolute Gasteiger partial charge is 0.118 e. The maximum Gasteiger partial charge on any atom is 0.118 e. The third kappa shape index (κ3) is 4.25. The van der Waals surface area contributed by atoms with Crippen molar-refractivity contribution in [2.75, 3.05) is 14.2 Å². The van der Waals surface area contributed by atoms with Gasteiger partial charge in [-0.2, -0.15) is 0 Å². The third-order valence-electron chi connectivity index (χ3n) is 4.77. The summed E-state index contributed by atoms with van der Waals surface area (Å²) in [6.07, 6.45) is 0. The highest BCUT2D eigenvalue weighted by molar-refractivity contribution is 6.30. The first-order valence-electron chi connectivity index (χ1n) is 9.23. The summed E-state index contributed by atoms with van der Waals surface area (Å²) in [5.74, 6) is 1.65. The fourth-order valence-corrected chi connectivity index (χ4v) is 3.28. The molecule has 0 N–H and O–H groups in total. The van der Waals surface area contributed by atoms with Crippen LogP contribution >= 0.6 is 11.6 Å². The lowest BCUT2D eigenvalue weighted by atomic mass is 10.00. The van der Waals surface area contributed by atoms with E-state index in [0.717, 1.165) is 45.1 Å². The molecule has 0 atom stereocenters. The second kappa shape index (κ2) is 8.38. The molecule has 4 aromatic rings. The van der Waals surface area contributed by atoms with Crippen molar-refractivity contribution >= 4 is 11.6 Å². The van der Waals surface area contributed by atoms with Crippen LogP contribution in [0.25, 0.3) is 33.6 Å². The Hall–Kier alpha value is -3.30. The summed E-state index contributed by atoms with van der Waals surface area (Å²) in [7, 11) is 3.33. The number of ether oxygens (including phenoxy) is 2. The van der Waals surface area contributed by atoms with E-state index >= 15 is 0 Å². The van der Waals surface area contributed by atoms with Gasteiger partial charge in [-0.1, -0.05) is 35.9 Å². The molecule has 0 saturated carbocycles. The quantitative estimate of drug-likeness (QED) is 0.370. The Bertz CT molecular complexity index is 1040. The molecule has 4 rings (SSSR count). The molecule has 0 spiro atoms. The van der Waals surface area contributed by atoms with Crippen molar-refractivity contribution in [3.8, 4) is 45.1 Å². The van der Waals surface area contributed by atoms with Crippen molar-refractivity contribution in [1.29, 1.82) is 0 Å². The fourth-order valence-electron chi connectivity index (χ4n) is 3.16. The van der Waals surface area contributed by atoms with Gasteiger partial charge in [0.2, 0.25) is 0 Å². The minimum atomic E-state index is 0.704. The van der Waals surface area contributed by atoms with Gasteiger partial charge in [0.1, 0.15) is 11.5 Å². The average molecular weight is 402 g/mol. The first-order valence-corrected chi connectivity index (χ1v) is 9.61. The van der Waals surface area contributed by atoms with E-state index in [9.17, 15) is 0 Å². The van der Waals surface area contributed by atoms with Crippen LogP contribution in [0.5, 0.6) is 11.5 Å². The largest absolute Gasteiger partial charge is 0.497 e. The van der Waals surface area contributed by atoms with Gasteiger partial charge in [0, 0.05) is 16.1 Å². The minimum absolute atomic E-state index is 0.704. The molecule has 1 aromatic heterocycles. The van der Waals surface area contributed by atoms with Crippen LogP contribution in [0.4, 0.5) is 0 Å². The summed E-state index contributed by atoms with van der Waals surface area (Å²) < 4.78 is 10.6. The summed E-state index contributed by atoms with van der Waals surface area (Å²) in [5, 5.41) is 0.704. The highest BCUT2D eigenvalue weighted by Crippen LogP contribution is 2.32. The number of pyridine rings is 1. The molecular weight excluding hydrogens is 382 g/mol.